The summed E-state index contributed by atoms with van der Waals surface area (Å²) in [6.07, 6.45) is 1.08. The number of nitrogens with zero attached hydrogens (tertiary/aromatic N) is 2. The average Bonchev–Trinajstić information content (AvgIpc) is 2.35. The van der Waals surface area contributed by atoms with Crippen molar-refractivity contribution in [2.75, 3.05) is 18.0 Å². The molecule has 2 atom stereocenters. The lowest BCUT2D eigenvalue weighted by Gasteiger charge is -2.36. The highest BCUT2D eigenvalue weighted by molar-refractivity contribution is 7.89. The maximum absolute atomic E-state index is 11.3. The number of hydrogen-bond acceptors (Lipinski definition) is 5. The highest BCUT2D eigenvalue weighted by Gasteiger charge is 2.28. The zero-order chi connectivity index (χ0) is 15.8. The third kappa shape index (κ3) is 3.51. The van der Waals surface area contributed by atoms with Crippen LogP contribution in [0.2, 0.25) is 0 Å². The molecule has 1 fully saturated rings. The minimum Gasteiger partial charge on any atom is -0.365 e. The van der Waals surface area contributed by atoms with Gasteiger partial charge in [0.2, 0.25) is 10.0 Å². The van der Waals surface area contributed by atoms with Crippen molar-refractivity contribution < 1.29 is 13.3 Å². The first-order valence-electron chi connectivity index (χ1n) is 6.74. The van der Waals surface area contributed by atoms with Crippen molar-refractivity contribution in [2.45, 2.75) is 25.2 Å². The van der Waals surface area contributed by atoms with Gasteiger partial charge in [-0.1, -0.05) is 13.8 Å². The first-order valence-corrected chi connectivity index (χ1v) is 8.29. The lowest BCUT2D eigenvalue weighted by atomic mass is 9.91. The highest BCUT2D eigenvalue weighted by Crippen LogP contribution is 2.34. The number of sulfonamides is 1. The Hall–Kier alpha value is -1.67. The van der Waals surface area contributed by atoms with Crippen molar-refractivity contribution >= 4 is 21.4 Å². The summed E-state index contributed by atoms with van der Waals surface area (Å²) in [4.78, 5) is 12.4. The number of rotatable bonds is 3. The molecule has 1 aliphatic rings. The molecule has 1 heterocycles. The molecule has 0 saturated carbocycles. The minimum atomic E-state index is -3.95. The van der Waals surface area contributed by atoms with Gasteiger partial charge in [0.25, 0.3) is 5.69 Å². The van der Waals surface area contributed by atoms with Crippen LogP contribution in [0.15, 0.2) is 23.1 Å². The topological polar surface area (TPSA) is 107 Å². The first-order chi connectivity index (χ1) is 9.68. The van der Waals surface area contributed by atoms with Gasteiger partial charge in [-0.05, 0) is 30.4 Å². The molecule has 1 aliphatic heterocycles. The molecule has 1 aromatic carbocycles. The summed E-state index contributed by atoms with van der Waals surface area (Å²) in [5.41, 5.74) is 0.230. The van der Waals surface area contributed by atoms with Crippen LogP contribution in [-0.4, -0.2) is 26.4 Å². The van der Waals surface area contributed by atoms with E-state index in [1.54, 1.807) is 0 Å². The van der Waals surface area contributed by atoms with E-state index in [0.717, 1.165) is 25.6 Å². The summed E-state index contributed by atoms with van der Waals surface area (Å²) in [6.45, 7) is 5.65. The molecule has 0 spiro atoms. The molecule has 0 unspecified atom stereocenters. The van der Waals surface area contributed by atoms with E-state index < -0.39 is 14.9 Å². The number of primary sulfonamides is 1. The smallest absolute Gasteiger partial charge is 0.293 e. The van der Waals surface area contributed by atoms with Crippen LogP contribution in [0.3, 0.4) is 0 Å². The first kappa shape index (κ1) is 15.7. The second-order valence-corrected chi connectivity index (χ2v) is 7.37. The number of nitro groups is 1. The number of nitrogens with two attached hydrogens (primary N) is 1. The predicted octanol–water partition coefficient (Wildman–Crippen LogP) is 1.72. The number of anilines is 1. The molecule has 21 heavy (non-hydrogen) atoms. The molecule has 1 aromatic rings. The van der Waals surface area contributed by atoms with E-state index in [0.29, 0.717) is 17.5 Å². The van der Waals surface area contributed by atoms with Crippen molar-refractivity contribution in [1.29, 1.82) is 0 Å². The Labute approximate surface area is 123 Å². The SMILES string of the molecule is C[C@@H]1C[C@@H](C)CN(c2ccc(S(N)(=O)=O)cc2[N+](=O)[O-])C1. The van der Waals surface area contributed by atoms with Crippen LogP contribution in [0.25, 0.3) is 0 Å². The Morgan fingerprint density at radius 3 is 2.33 bits per heavy atom. The molecule has 0 radical (unpaired) electrons. The normalized spacial score (nSPS) is 23.1. The molecule has 0 aromatic heterocycles. The van der Waals surface area contributed by atoms with Crippen molar-refractivity contribution in [3.63, 3.8) is 0 Å². The van der Waals surface area contributed by atoms with Crippen molar-refractivity contribution in [3.8, 4) is 0 Å². The maximum Gasteiger partial charge on any atom is 0.293 e. The minimum absolute atomic E-state index is 0.220. The van der Waals surface area contributed by atoms with Crippen LogP contribution < -0.4 is 10.0 Å². The van der Waals surface area contributed by atoms with Crippen LogP contribution in [0, 0.1) is 22.0 Å². The van der Waals surface area contributed by atoms with Gasteiger partial charge in [0, 0.05) is 19.2 Å². The standard InChI is InChI=1S/C13H19N3O4S/c1-9-5-10(2)8-15(7-9)12-4-3-11(21(14,19)20)6-13(12)16(17)18/h3-4,6,9-10H,5,7-8H2,1-2H3,(H2,14,19,20)/t9-,10-/m1/s1. The van der Waals surface area contributed by atoms with Gasteiger partial charge in [0.05, 0.1) is 9.82 Å². The van der Waals surface area contributed by atoms with Gasteiger partial charge < -0.3 is 4.90 Å². The monoisotopic (exact) mass is 313 g/mol. The third-order valence-corrected chi connectivity index (χ3v) is 4.59. The van der Waals surface area contributed by atoms with E-state index >= 15 is 0 Å². The second-order valence-electron chi connectivity index (χ2n) is 5.80. The summed E-state index contributed by atoms with van der Waals surface area (Å²) in [6, 6.07) is 3.83. The molecule has 8 heteroatoms. The van der Waals surface area contributed by atoms with Crippen molar-refractivity contribution in [2.24, 2.45) is 17.0 Å². The summed E-state index contributed by atoms with van der Waals surface area (Å²) < 4.78 is 22.7. The molecule has 0 aliphatic carbocycles. The molecular formula is C13H19N3O4S. The van der Waals surface area contributed by atoms with E-state index in [-0.39, 0.29) is 10.6 Å². The summed E-state index contributed by atoms with van der Waals surface area (Å²) in [7, 11) is -3.95. The molecule has 1 saturated heterocycles. The van der Waals surface area contributed by atoms with E-state index in [9.17, 15) is 18.5 Å². The van der Waals surface area contributed by atoms with Crippen molar-refractivity contribution in [1.82, 2.24) is 0 Å². The lowest BCUT2D eigenvalue weighted by molar-refractivity contribution is -0.384. The van der Waals surface area contributed by atoms with Gasteiger partial charge in [-0.25, -0.2) is 13.6 Å². The Morgan fingerprint density at radius 2 is 1.86 bits per heavy atom. The van der Waals surface area contributed by atoms with E-state index in [1.807, 2.05) is 4.90 Å². The fourth-order valence-corrected chi connectivity index (χ4v) is 3.49. The largest absolute Gasteiger partial charge is 0.365 e. The van der Waals surface area contributed by atoms with E-state index in [4.69, 9.17) is 5.14 Å². The Kier molecular flexibility index (Phi) is 4.20. The fraction of sp³-hybridized carbons (Fsp3) is 0.538. The zero-order valence-corrected chi connectivity index (χ0v) is 12.8. The number of piperidine rings is 1. The molecule has 0 amide bonds. The molecule has 0 bridgehead atoms. The average molecular weight is 313 g/mol. The lowest BCUT2D eigenvalue weighted by Crippen LogP contribution is -2.39. The molecular weight excluding hydrogens is 294 g/mol. The van der Waals surface area contributed by atoms with Crippen molar-refractivity contribution in [3.05, 3.63) is 28.3 Å². The van der Waals surface area contributed by atoms with Gasteiger partial charge in [-0.15, -0.1) is 0 Å². The molecule has 2 rings (SSSR count). The molecule has 7 nitrogen and oxygen atoms in total. The Balaban J connectivity index is 2.46. The van der Waals surface area contributed by atoms with Crippen LogP contribution in [0.4, 0.5) is 11.4 Å². The van der Waals surface area contributed by atoms with Gasteiger partial charge in [0.15, 0.2) is 0 Å². The zero-order valence-electron chi connectivity index (χ0n) is 12.0. The maximum atomic E-state index is 11.3. The number of benzene rings is 1. The van der Waals surface area contributed by atoms with Crippen LogP contribution in [0.5, 0.6) is 0 Å². The van der Waals surface area contributed by atoms with Crippen LogP contribution in [-0.2, 0) is 10.0 Å². The van der Waals surface area contributed by atoms with Crippen LogP contribution in [0.1, 0.15) is 20.3 Å². The molecule has 116 valence electrons. The number of nitro benzene ring substituents is 1. The Morgan fingerprint density at radius 1 is 1.29 bits per heavy atom. The summed E-state index contributed by atoms with van der Waals surface area (Å²) >= 11 is 0. The number of hydrogen-bond donors (Lipinski definition) is 1. The van der Waals surface area contributed by atoms with Gasteiger partial charge >= 0.3 is 0 Å². The van der Waals surface area contributed by atoms with E-state index in [1.165, 1.54) is 12.1 Å². The summed E-state index contributed by atoms with van der Waals surface area (Å²) in [5.74, 6) is 0.873. The van der Waals surface area contributed by atoms with Gasteiger partial charge in [-0.2, -0.15) is 0 Å². The second kappa shape index (κ2) is 5.61. The van der Waals surface area contributed by atoms with Crippen LogP contribution >= 0.6 is 0 Å². The fourth-order valence-electron chi connectivity index (χ4n) is 2.95. The van der Waals surface area contributed by atoms with Gasteiger partial charge in [0.1, 0.15) is 5.69 Å². The summed E-state index contributed by atoms with van der Waals surface area (Å²) in [5, 5.41) is 16.3. The Bertz CT molecular complexity index is 649. The predicted molar refractivity (Wildman–Crippen MR) is 79.6 cm³/mol. The quantitative estimate of drug-likeness (QED) is 0.675. The highest BCUT2D eigenvalue weighted by atomic mass is 32.2. The molecule has 2 N–H and O–H groups in total. The van der Waals surface area contributed by atoms with Gasteiger partial charge in [-0.3, -0.25) is 10.1 Å². The third-order valence-electron chi connectivity index (χ3n) is 3.68. The van der Waals surface area contributed by atoms with E-state index in [2.05, 4.69) is 13.8 Å².